The van der Waals surface area contributed by atoms with E-state index in [4.69, 9.17) is 0 Å². The minimum atomic E-state index is -2.02. The number of piperidine rings is 1. The lowest BCUT2D eigenvalue weighted by molar-refractivity contribution is -0.163. The molecule has 0 unspecified atom stereocenters. The van der Waals surface area contributed by atoms with Crippen LogP contribution in [0.15, 0.2) is 42.7 Å². The number of aromatic nitrogens is 2. The Morgan fingerprint density at radius 2 is 1.87 bits per heavy atom. The standard InChI is InChI=1S/C21H28N6O3/c28-20(24-16-4-9-22-10-5-16)18-2-1-3-19(25-18)27-15-14-26(13-8-21(27,29)30)17-6-11-23-12-7-17/h1-5,9-10,17,23,29-30H,6-8,11-15H2,(H,22,24,28). The summed E-state index contributed by atoms with van der Waals surface area (Å²) in [5, 5.41) is 27.6. The number of aliphatic hydroxyl groups is 2. The second-order valence-corrected chi connectivity index (χ2v) is 7.76. The van der Waals surface area contributed by atoms with Gasteiger partial charge in [-0.2, -0.15) is 0 Å². The van der Waals surface area contributed by atoms with Gasteiger partial charge in [0.1, 0.15) is 11.5 Å². The highest BCUT2D eigenvalue weighted by molar-refractivity contribution is 6.03. The Morgan fingerprint density at radius 1 is 1.10 bits per heavy atom. The van der Waals surface area contributed by atoms with E-state index < -0.39 is 5.91 Å². The van der Waals surface area contributed by atoms with E-state index in [0.717, 1.165) is 25.9 Å². The monoisotopic (exact) mass is 412 g/mol. The molecule has 0 bridgehead atoms. The summed E-state index contributed by atoms with van der Waals surface area (Å²) in [6.07, 6.45) is 5.50. The highest BCUT2D eigenvalue weighted by atomic mass is 16.5. The Kier molecular flexibility index (Phi) is 6.24. The molecule has 2 aromatic heterocycles. The zero-order valence-corrected chi connectivity index (χ0v) is 16.9. The van der Waals surface area contributed by atoms with E-state index in [9.17, 15) is 15.0 Å². The molecule has 2 aliphatic heterocycles. The molecule has 0 spiro atoms. The quantitative estimate of drug-likeness (QED) is 0.541. The van der Waals surface area contributed by atoms with Crippen LogP contribution in [-0.4, -0.2) is 75.7 Å². The van der Waals surface area contributed by atoms with Crippen LogP contribution in [0.3, 0.4) is 0 Å². The van der Waals surface area contributed by atoms with E-state index in [1.54, 1.807) is 42.7 Å². The average molecular weight is 412 g/mol. The van der Waals surface area contributed by atoms with Crippen LogP contribution < -0.4 is 15.5 Å². The Hall–Kier alpha value is -2.59. The maximum absolute atomic E-state index is 12.6. The van der Waals surface area contributed by atoms with Crippen LogP contribution in [-0.2, 0) is 0 Å². The van der Waals surface area contributed by atoms with Gasteiger partial charge in [0.2, 0.25) is 5.91 Å². The number of rotatable bonds is 4. The summed E-state index contributed by atoms with van der Waals surface area (Å²) in [7, 11) is 0. The minimum Gasteiger partial charge on any atom is -0.349 e. The molecule has 30 heavy (non-hydrogen) atoms. The molecule has 4 N–H and O–H groups in total. The molecule has 2 aromatic rings. The van der Waals surface area contributed by atoms with Crippen LogP contribution in [0.25, 0.3) is 0 Å². The van der Waals surface area contributed by atoms with Crippen LogP contribution in [0.4, 0.5) is 11.5 Å². The number of carbonyl (C=O) groups is 1. The van der Waals surface area contributed by atoms with Crippen LogP contribution in [0.1, 0.15) is 29.8 Å². The third-order valence-electron chi connectivity index (χ3n) is 5.78. The third-order valence-corrected chi connectivity index (χ3v) is 5.78. The molecule has 160 valence electrons. The SMILES string of the molecule is O=C(Nc1ccncc1)c1cccc(N2CCN(C3CCNCC3)CCC2(O)O)n1. The van der Waals surface area contributed by atoms with Crippen molar-refractivity contribution < 1.29 is 15.0 Å². The molecule has 2 saturated heterocycles. The van der Waals surface area contributed by atoms with Crippen molar-refractivity contribution in [1.29, 1.82) is 0 Å². The largest absolute Gasteiger partial charge is 0.349 e. The highest BCUT2D eigenvalue weighted by Crippen LogP contribution is 2.26. The summed E-state index contributed by atoms with van der Waals surface area (Å²) in [5.41, 5.74) is 0.827. The zero-order chi connectivity index (χ0) is 21.0. The number of nitrogens with zero attached hydrogens (tertiary/aromatic N) is 4. The Bertz CT molecular complexity index is 857. The molecule has 4 heterocycles. The Morgan fingerprint density at radius 3 is 2.63 bits per heavy atom. The van der Waals surface area contributed by atoms with Gasteiger partial charge in [0.15, 0.2) is 0 Å². The fourth-order valence-corrected chi connectivity index (χ4v) is 4.11. The van der Waals surface area contributed by atoms with Gasteiger partial charge in [-0.25, -0.2) is 4.98 Å². The first-order chi connectivity index (χ1) is 14.5. The van der Waals surface area contributed by atoms with Gasteiger partial charge in [-0.1, -0.05) is 6.07 Å². The lowest BCUT2D eigenvalue weighted by Crippen LogP contribution is -2.50. The molecule has 9 nitrogen and oxygen atoms in total. The van der Waals surface area contributed by atoms with Crippen LogP contribution in [0, 0.1) is 0 Å². The second-order valence-electron chi connectivity index (χ2n) is 7.76. The predicted molar refractivity (Wildman–Crippen MR) is 113 cm³/mol. The number of hydrogen-bond donors (Lipinski definition) is 4. The van der Waals surface area contributed by atoms with Crippen molar-refractivity contribution in [2.75, 3.05) is 42.9 Å². The summed E-state index contributed by atoms with van der Waals surface area (Å²) in [5.74, 6) is -2.01. The molecular formula is C21H28N6O3. The number of carbonyl (C=O) groups excluding carboxylic acids is 1. The molecule has 4 rings (SSSR count). The highest BCUT2D eigenvalue weighted by Gasteiger charge is 2.37. The minimum absolute atomic E-state index is 0.187. The molecule has 2 aliphatic rings. The maximum Gasteiger partial charge on any atom is 0.274 e. The van der Waals surface area contributed by atoms with Crippen LogP contribution in [0.2, 0.25) is 0 Å². The smallest absolute Gasteiger partial charge is 0.274 e. The number of amides is 1. The van der Waals surface area contributed by atoms with Gasteiger partial charge in [0.05, 0.1) is 0 Å². The lowest BCUT2D eigenvalue weighted by Gasteiger charge is -2.34. The van der Waals surface area contributed by atoms with Gasteiger partial charge in [0.25, 0.3) is 5.91 Å². The van der Waals surface area contributed by atoms with Crippen molar-refractivity contribution in [3.05, 3.63) is 48.4 Å². The number of anilines is 2. The van der Waals surface area contributed by atoms with Gasteiger partial charge < -0.3 is 25.7 Å². The van der Waals surface area contributed by atoms with Crippen molar-refractivity contribution in [2.24, 2.45) is 0 Å². The molecule has 1 amide bonds. The second kappa shape index (κ2) is 9.05. The van der Waals surface area contributed by atoms with Crippen molar-refractivity contribution in [2.45, 2.75) is 31.2 Å². The fourth-order valence-electron chi connectivity index (χ4n) is 4.11. The molecule has 0 atom stereocenters. The average Bonchev–Trinajstić information content (AvgIpc) is 2.93. The fraction of sp³-hybridized carbons (Fsp3) is 0.476. The molecule has 0 saturated carbocycles. The van der Waals surface area contributed by atoms with E-state index in [1.165, 1.54) is 4.90 Å². The van der Waals surface area contributed by atoms with Crippen molar-refractivity contribution in [1.82, 2.24) is 20.2 Å². The topological polar surface area (TPSA) is 114 Å². The first kappa shape index (κ1) is 20.7. The van der Waals surface area contributed by atoms with Crippen LogP contribution in [0.5, 0.6) is 0 Å². The molecule has 0 aliphatic carbocycles. The number of nitrogens with one attached hydrogen (secondary N) is 2. The Labute approximate surface area is 175 Å². The van der Waals surface area contributed by atoms with E-state index >= 15 is 0 Å². The maximum atomic E-state index is 12.6. The summed E-state index contributed by atoms with van der Waals surface area (Å²) >= 11 is 0. The predicted octanol–water partition coefficient (Wildman–Crippen LogP) is 0.631. The summed E-state index contributed by atoms with van der Waals surface area (Å²) in [6.45, 7) is 3.72. The Balaban J connectivity index is 1.49. The van der Waals surface area contributed by atoms with E-state index in [0.29, 0.717) is 37.2 Å². The van der Waals surface area contributed by atoms with Crippen molar-refractivity contribution >= 4 is 17.4 Å². The molecule has 0 aromatic carbocycles. The van der Waals surface area contributed by atoms with Gasteiger partial charge in [-0.05, 0) is 50.2 Å². The number of hydrogen-bond acceptors (Lipinski definition) is 8. The first-order valence-corrected chi connectivity index (χ1v) is 10.4. The summed E-state index contributed by atoms with van der Waals surface area (Å²) in [6, 6.07) is 8.85. The zero-order valence-electron chi connectivity index (χ0n) is 16.9. The molecule has 0 radical (unpaired) electrons. The summed E-state index contributed by atoms with van der Waals surface area (Å²) in [4.78, 5) is 24.7. The van der Waals surface area contributed by atoms with Gasteiger partial charge in [-0.15, -0.1) is 0 Å². The third kappa shape index (κ3) is 4.76. The van der Waals surface area contributed by atoms with Gasteiger partial charge in [0, 0.05) is 50.2 Å². The normalized spacial score (nSPS) is 20.5. The van der Waals surface area contributed by atoms with E-state index in [2.05, 4.69) is 25.5 Å². The lowest BCUT2D eigenvalue weighted by atomic mass is 10.0. The molecular weight excluding hydrogens is 384 g/mol. The first-order valence-electron chi connectivity index (χ1n) is 10.4. The summed E-state index contributed by atoms with van der Waals surface area (Å²) < 4.78 is 0. The van der Waals surface area contributed by atoms with E-state index in [1.807, 2.05) is 0 Å². The van der Waals surface area contributed by atoms with Gasteiger partial charge in [-0.3, -0.25) is 14.7 Å². The van der Waals surface area contributed by atoms with Crippen LogP contribution >= 0.6 is 0 Å². The van der Waals surface area contributed by atoms with Crippen molar-refractivity contribution in [3.63, 3.8) is 0 Å². The van der Waals surface area contributed by atoms with E-state index in [-0.39, 0.29) is 18.0 Å². The van der Waals surface area contributed by atoms with Crippen molar-refractivity contribution in [3.8, 4) is 0 Å². The molecule has 2 fully saturated rings. The number of pyridine rings is 2. The van der Waals surface area contributed by atoms with Gasteiger partial charge >= 0.3 is 0 Å². The molecule has 9 heteroatoms.